The number of carbonyl (C=O) groups is 2. The van der Waals surface area contributed by atoms with E-state index in [-0.39, 0.29) is 23.7 Å². The van der Waals surface area contributed by atoms with Crippen LogP contribution in [0.5, 0.6) is 0 Å². The van der Waals surface area contributed by atoms with Crippen molar-refractivity contribution in [2.75, 3.05) is 11.9 Å². The van der Waals surface area contributed by atoms with E-state index in [0.29, 0.717) is 25.3 Å². The number of ketones is 1. The molecule has 7 nitrogen and oxygen atoms in total. The first kappa shape index (κ1) is 15.4. The van der Waals surface area contributed by atoms with Crippen molar-refractivity contribution in [3.05, 3.63) is 42.4 Å². The second-order valence-electron chi connectivity index (χ2n) is 5.75. The molecule has 2 unspecified atom stereocenters. The van der Waals surface area contributed by atoms with E-state index in [1.165, 1.54) is 0 Å². The van der Waals surface area contributed by atoms with Gasteiger partial charge in [-0.05, 0) is 25.0 Å². The van der Waals surface area contributed by atoms with Crippen molar-refractivity contribution in [1.29, 1.82) is 0 Å². The van der Waals surface area contributed by atoms with E-state index in [0.717, 1.165) is 5.56 Å². The number of carbonyl (C=O) groups excluding carboxylic acids is 2. The predicted octanol–water partition coefficient (Wildman–Crippen LogP) is 0.832. The Labute approximate surface area is 134 Å². The van der Waals surface area contributed by atoms with Crippen molar-refractivity contribution < 1.29 is 9.59 Å². The largest absolute Gasteiger partial charge is 0.308 e. The molecule has 2 N–H and O–H groups in total. The Bertz CT molecular complexity index is 698. The number of pyridine rings is 1. The molecule has 0 bridgehead atoms. The Hall–Kier alpha value is -2.54. The van der Waals surface area contributed by atoms with E-state index in [1.807, 2.05) is 18.3 Å². The number of hydrogen-bond acceptors (Lipinski definition) is 5. The molecule has 1 aliphatic rings. The molecule has 0 radical (unpaired) electrons. The van der Waals surface area contributed by atoms with Gasteiger partial charge in [0.05, 0.1) is 12.6 Å². The second kappa shape index (κ2) is 6.70. The summed E-state index contributed by atoms with van der Waals surface area (Å²) in [4.78, 5) is 27.6. The molecule has 7 heteroatoms. The number of Topliss-reactive ketones (excluding diaryl/α,β-unsaturated/α-hetero) is 1. The smallest absolute Gasteiger partial charge is 0.242 e. The van der Waals surface area contributed by atoms with Crippen molar-refractivity contribution >= 4 is 17.5 Å². The maximum atomic E-state index is 12.2. The van der Waals surface area contributed by atoms with Crippen LogP contribution in [0.3, 0.4) is 0 Å². The summed E-state index contributed by atoms with van der Waals surface area (Å²) < 4.78 is 1.74. The van der Waals surface area contributed by atoms with Gasteiger partial charge in [0.15, 0.2) is 5.82 Å². The molecule has 2 aromatic heterocycles. The Morgan fingerprint density at radius 2 is 2.30 bits per heavy atom. The van der Waals surface area contributed by atoms with Crippen LogP contribution >= 0.6 is 0 Å². The topological polar surface area (TPSA) is 88.9 Å². The van der Waals surface area contributed by atoms with Crippen LogP contribution in [0.1, 0.15) is 18.9 Å². The minimum absolute atomic E-state index is 0.0751. The van der Waals surface area contributed by atoms with Crippen LogP contribution < -0.4 is 10.6 Å². The highest BCUT2D eigenvalue weighted by Gasteiger charge is 2.31. The van der Waals surface area contributed by atoms with Crippen molar-refractivity contribution in [1.82, 2.24) is 20.1 Å². The fraction of sp³-hybridized carbons (Fsp3) is 0.375. The molecule has 0 aliphatic carbocycles. The van der Waals surface area contributed by atoms with Crippen molar-refractivity contribution in [2.24, 2.45) is 5.92 Å². The number of amides is 1. The first-order valence-corrected chi connectivity index (χ1v) is 7.59. The molecular formula is C16H19N5O2. The summed E-state index contributed by atoms with van der Waals surface area (Å²) in [6.07, 6.45) is 5.85. The summed E-state index contributed by atoms with van der Waals surface area (Å²) in [7, 11) is 0. The Morgan fingerprint density at radius 3 is 3.00 bits per heavy atom. The van der Waals surface area contributed by atoms with Gasteiger partial charge in [0.1, 0.15) is 5.78 Å². The first-order valence-electron chi connectivity index (χ1n) is 7.59. The summed E-state index contributed by atoms with van der Waals surface area (Å²) in [5, 5.41) is 10.2. The first-order chi connectivity index (χ1) is 11.1. The number of anilines is 1. The van der Waals surface area contributed by atoms with Gasteiger partial charge in [0, 0.05) is 37.1 Å². The normalized spacial score (nSPS) is 20.4. The molecule has 1 aliphatic heterocycles. The van der Waals surface area contributed by atoms with E-state index in [9.17, 15) is 9.59 Å². The minimum Gasteiger partial charge on any atom is -0.308 e. The zero-order chi connectivity index (χ0) is 16.2. The van der Waals surface area contributed by atoms with Crippen LogP contribution in [0.25, 0.3) is 0 Å². The average molecular weight is 313 g/mol. The fourth-order valence-corrected chi connectivity index (χ4v) is 2.65. The molecule has 1 amide bonds. The van der Waals surface area contributed by atoms with Gasteiger partial charge in [-0.2, -0.15) is 5.10 Å². The summed E-state index contributed by atoms with van der Waals surface area (Å²) >= 11 is 0. The lowest BCUT2D eigenvalue weighted by Crippen LogP contribution is -2.35. The fourth-order valence-electron chi connectivity index (χ4n) is 2.65. The van der Waals surface area contributed by atoms with Crippen LogP contribution in [-0.2, 0) is 16.1 Å². The molecule has 0 aromatic carbocycles. The standard InChI is InChI=1S/C16H19N5O2/c1-11(22)13-7-14(18-9-13)16(23)19-15-4-6-21(20-15)10-12-3-2-5-17-8-12/h2-6,8,13-14,18H,7,9-10H2,1H3,(H,19,20,23). The Morgan fingerprint density at radius 1 is 1.43 bits per heavy atom. The quantitative estimate of drug-likeness (QED) is 0.853. The molecule has 3 rings (SSSR count). The van der Waals surface area contributed by atoms with E-state index in [4.69, 9.17) is 0 Å². The molecule has 1 fully saturated rings. The highest BCUT2D eigenvalue weighted by atomic mass is 16.2. The summed E-state index contributed by atoms with van der Waals surface area (Å²) in [5.41, 5.74) is 1.04. The monoisotopic (exact) mass is 313 g/mol. The number of nitrogens with one attached hydrogen (secondary N) is 2. The van der Waals surface area contributed by atoms with Crippen LogP contribution in [-0.4, -0.2) is 39.0 Å². The van der Waals surface area contributed by atoms with Gasteiger partial charge in [0.2, 0.25) is 5.91 Å². The third-order valence-electron chi connectivity index (χ3n) is 3.98. The predicted molar refractivity (Wildman–Crippen MR) is 84.8 cm³/mol. The van der Waals surface area contributed by atoms with E-state index in [1.54, 1.807) is 30.1 Å². The number of rotatable bonds is 5. The molecule has 23 heavy (non-hydrogen) atoms. The van der Waals surface area contributed by atoms with Crippen LogP contribution in [0.4, 0.5) is 5.82 Å². The lowest BCUT2D eigenvalue weighted by Gasteiger charge is -2.09. The molecule has 2 aromatic rings. The lowest BCUT2D eigenvalue weighted by molar-refractivity contribution is -0.120. The van der Waals surface area contributed by atoms with E-state index in [2.05, 4.69) is 20.7 Å². The van der Waals surface area contributed by atoms with Crippen LogP contribution in [0, 0.1) is 5.92 Å². The van der Waals surface area contributed by atoms with Gasteiger partial charge in [0.25, 0.3) is 0 Å². The van der Waals surface area contributed by atoms with Gasteiger partial charge in [-0.1, -0.05) is 6.07 Å². The molecule has 3 heterocycles. The van der Waals surface area contributed by atoms with Crippen molar-refractivity contribution in [2.45, 2.75) is 25.9 Å². The third kappa shape index (κ3) is 3.81. The highest BCUT2D eigenvalue weighted by Crippen LogP contribution is 2.16. The van der Waals surface area contributed by atoms with Crippen molar-refractivity contribution in [3.8, 4) is 0 Å². The second-order valence-corrected chi connectivity index (χ2v) is 5.75. The number of nitrogens with zero attached hydrogens (tertiary/aromatic N) is 3. The molecule has 0 saturated carbocycles. The summed E-state index contributed by atoms with van der Waals surface area (Å²) in [5.74, 6) is 0.398. The summed E-state index contributed by atoms with van der Waals surface area (Å²) in [6.45, 7) is 2.72. The molecule has 1 saturated heterocycles. The van der Waals surface area contributed by atoms with Crippen LogP contribution in [0.2, 0.25) is 0 Å². The zero-order valence-electron chi connectivity index (χ0n) is 12.9. The molecule has 0 spiro atoms. The average Bonchev–Trinajstić information content (AvgIpc) is 3.18. The SMILES string of the molecule is CC(=O)C1CNC(C(=O)Nc2ccn(Cc3cccnc3)n2)C1. The van der Waals surface area contributed by atoms with Crippen LogP contribution in [0.15, 0.2) is 36.8 Å². The van der Waals surface area contributed by atoms with Gasteiger partial charge < -0.3 is 10.6 Å². The minimum atomic E-state index is -0.340. The highest BCUT2D eigenvalue weighted by molar-refractivity contribution is 5.95. The molecular weight excluding hydrogens is 294 g/mol. The van der Waals surface area contributed by atoms with E-state index >= 15 is 0 Å². The molecule has 2 atom stereocenters. The van der Waals surface area contributed by atoms with Gasteiger partial charge >= 0.3 is 0 Å². The number of aromatic nitrogens is 3. The molecule has 120 valence electrons. The Kier molecular flexibility index (Phi) is 4.47. The maximum absolute atomic E-state index is 12.2. The maximum Gasteiger partial charge on any atom is 0.242 e. The van der Waals surface area contributed by atoms with Crippen molar-refractivity contribution in [3.63, 3.8) is 0 Å². The number of hydrogen-bond donors (Lipinski definition) is 2. The summed E-state index contributed by atoms with van der Waals surface area (Å²) in [6, 6.07) is 5.26. The lowest BCUT2D eigenvalue weighted by atomic mass is 10.0. The van der Waals surface area contributed by atoms with Gasteiger partial charge in [-0.15, -0.1) is 0 Å². The zero-order valence-corrected chi connectivity index (χ0v) is 12.9. The van der Waals surface area contributed by atoms with Gasteiger partial charge in [-0.3, -0.25) is 19.3 Å². The van der Waals surface area contributed by atoms with Gasteiger partial charge in [-0.25, -0.2) is 0 Å². The third-order valence-corrected chi connectivity index (χ3v) is 3.98. The van der Waals surface area contributed by atoms with E-state index < -0.39 is 0 Å². The Balaban J connectivity index is 1.57.